The van der Waals surface area contributed by atoms with Gasteiger partial charge in [-0.3, -0.25) is 14.6 Å². The molecule has 3 heterocycles. The number of aromatic nitrogens is 2. The molecule has 0 aliphatic carbocycles. The Bertz CT molecular complexity index is 1180. The van der Waals surface area contributed by atoms with Crippen LogP contribution in [0.4, 0.5) is 13.6 Å². The summed E-state index contributed by atoms with van der Waals surface area (Å²) in [6, 6.07) is 2.13. The number of carbonyl (C=O) groups is 2. The average Bonchev–Trinajstić information content (AvgIpc) is 3.32. The van der Waals surface area contributed by atoms with E-state index in [1.165, 1.54) is 4.90 Å². The van der Waals surface area contributed by atoms with Crippen LogP contribution in [0.3, 0.4) is 0 Å². The third kappa shape index (κ3) is 4.69. The Morgan fingerprint density at radius 2 is 1.94 bits per heavy atom. The second kappa shape index (κ2) is 9.44. The van der Waals surface area contributed by atoms with Crippen molar-refractivity contribution in [2.45, 2.75) is 83.9 Å². The molecule has 4 rings (SSSR count). The number of benzene rings is 1. The SMILES string of the molecule is CC(C)n1c(C(N)=O)nc2c1CN([C@H]1CO[C@H](c3cc(F)ccc3F)[C@@H](N(C(=O)O)C(C)(C)C)C1)C2. The zero-order valence-electron chi connectivity index (χ0n) is 21.2. The van der Waals surface area contributed by atoms with Crippen LogP contribution in [0.1, 0.15) is 80.8 Å². The second-order valence-corrected chi connectivity index (χ2v) is 10.8. The molecule has 1 fully saturated rings. The quantitative estimate of drug-likeness (QED) is 0.638. The van der Waals surface area contributed by atoms with Crippen LogP contribution in [0, 0.1) is 11.6 Å². The van der Waals surface area contributed by atoms with Crippen molar-refractivity contribution in [2.24, 2.45) is 5.73 Å². The molecule has 196 valence electrons. The molecule has 0 saturated carbocycles. The monoisotopic (exact) mass is 505 g/mol. The molecule has 3 N–H and O–H groups in total. The van der Waals surface area contributed by atoms with Gasteiger partial charge >= 0.3 is 6.09 Å². The molecule has 2 aliphatic rings. The van der Waals surface area contributed by atoms with Crippen molar-refractivity contribution in [1.29, 1.82) is 0 Å². The lowest BCUT2D eigenvalue weighted by Gasteiger charge is -2.48. The maximum absolute atomic E-state index is 14.8. The summed E-state index contributed by atoms with van der Waals surface area (Å²) in [6.07, 6.45) is -1.79. The normalized spacial score (nSPS) is 22.6. The van der Waals surface area contributed by atoms with E-state index in [0.717, 1.165) is 29.6 Å². The third-order valence-electron chi connectivity index (χ3n) is 6.91. The number of carboxylic acid groups (broad SMARTS) is 1. The first kappa shape index (κ1) is 26.0. The number of imidazole rings is 1. The van der Waals surface area contributed by atoms with E-state index in [4.69, 9.17) is 10.5 Å². The molecule has 1 aromatic carbocycles. The Hall–Kier alpha value is -3.05. The van der Waals surface area contributed by atoms with Crippen LogP contribution in [-0.4, -0.2) is 60.7 Å². The molecule has 0 spiro atoms. The van der Waals surface area contributed by atoms with Gasteiger partial charge in [0.15, 0.2) is 5.82 Å². The number of ether oxygens (including phenoxy) is 1. The molecule has 1 aromatic heterocycles. The fourth-order valence-electron chi connectivity index (χ4n) is 5.48. The summed E-state index contributed by atoms with van der Waals surface area (Å²) in [5.74, 6) is -1.64. The Morgan fingerprint density at radius 3 is 2.53 bits per heavy atom. The van der Waals surface area contributed by atoms with Crippen molar-refractivity contribution in [2.75, 3.05) is 6.61 Å². The minimum atomic E-state index is -1.16. The molecule has 11 heteroatoms. The zero-order valence-corrected chi connectivity index (χ0v) is 21.2. The molecule has 9 nitrogen and oxygen atoms in total. The van der Waals surface area contributed by atoms with Gasteiger partial charge in [0, 0.05) is 36.3 Å². The van der Waals surface area contributed by atoms with Crippen LogP contribution in [0.5, 0.6) is 0 Å². The minimum Gasteiger partial charge on any atom is -0.465 e. The van der Waals surface area contributed by atoms with Gasteiger partial charge in [-0.05, 0) is 59.2 Å². The Morgan fingerprint density at radius 1 is 1.25 bits per heavy atom. The van der Waals surface area contributed by atoms with Crippen LogP contribution in [0.15, 0.2) is 18.2 Å². The molecular weight excluding hydrogens is 472 g/mol. The van der Waals surface area contributed by atoms with Crippen molar-refractivity contribution in [1.82, 2.24) is 19.4 Å². The molecule has 0 radical (unpaired) electrons. The van der Waals surface area contributed by atoms with Gasteiger partial charge in [-0.25, -0.2) is 18.6 Å². The molecule has 3 atom stereocenters. The van der Waals surface area contributed by atoms with Crippen molar-refractivity contribution in [3.63, 3.8) is 0 Å². The topological polar surface area (TPSA) is 114 Å². The predicted octanol–water partition coefficient (Wildman–Crippen LogP) is 3.83. The van der Waals surface area contributed by atoms with Gasteiger partial charge in [0.2, 0.25) is 0 Å². The van der Waals surface area contributed by atoms with Gasteiger partial charge in [0.1, 0.15) is 17.7 Å². The maximum Gasteiger partial charge on any atom is 0.408 e. The van der Waals surface area contributed by atoms with Crippen LogP contribution in [0.2, 0.25) is 0 Å². The van der Waals surface area contributed by atoms with Crippen molar-refractivity contribution >= 4 is 12.0 Å². The number of hydrogen-bond acceptors (Lipinski definition) is 5. The summed E-state index contributed by atoms with van der Waals surface area (Å²) >= 11 is 0. The fourth-order valence-corrected chi connectivity index (χ4v) is 5.48. The molecular formula is C25H33F2N5O4. The van der Waals surface area contributed by atoms with E-state index in [2.05, 4.69) is 9.88 Å². The van der Waals surface area contributed by atoms with Crippen LogP contribution < -0.4 is 5.73 Å². The molecule has 2 aliphatic heterocycles. The number of amides is 2. The number of nitrogens with zero attached hydrogens (tertiary/aromatic N) is 4. The highest BCUT2D eigenvalue weighted by Gasteiger charge is 2.46. The van der Waals surface area contributed by atoms with E-state index in [1.54, 1.807) is 20.8 Å². The number of fused-ring (bicyclic) bond motifs is 1. The molecule has 2 amide bonds. The number of primary amides is 1. The van der Waals surface area contributed by atoms with Gasteiger partial charge in [0.05, 0.1) is 24.0 Å². The molecule has 1 saturated heterocycles. The van der Waals surface area contributed by atoms with Crippen LogP contribution in [-0.2, 0) is 17.8 Å². The lowest BCUT2D eigenvalue weighted by molar-refractivity contribution is -0.103. The van der Waals surface area contributed by atoms with Crippen molar-refractivity contribution in [3.05, 3.63) is 52.6 Å². The highest BCUT2D eigenvalue weighted by Crippen LogP contribution is 2.40. The molecule has 0 bridgehead atoms. The number of hydrogen-bond donors (Lipinski definition) is 2. The van der Waals surface area contributed by atoms with E-state index in [9.17, 15) is 23.5 Å². The Kier molecular flexibility index (Phi) is 6.82. The highest BCUT2D eigenvalue weighted by atomic mass is 19.1. The van der Waals surface area contributed by atoms with Gasteiger partial charge in [-0.1, -0.05) is 0 Å². The average molecular weight is 506 g/mol. The summed E-state index contributed by atoms with van der Waals surface area (Å²) in [5, 5.41) is 10.1. The standard InChI is InChI=1S/C25H33F2N5O4/c1-13(2)31-20-11-30(10-18(20)29-23(31)22(28)33)15-9-19(32(24(34)35)25(3,4)5)21(36-12-15)16-8-14(26)6-7-17(16)27/h6-8,13,15,19,21H,9-12H2,1-5H3,(H2,28,33)(H,34,35)/t15-,19+,21-/m1/s1. The summed E-state index contributed by atoms with van der Waals surface area (Å²) < 4.78 is 36.8. The van der Waals surface area contributed by atoms with Crippen LogP contribution >= 0.6 is 0 Å². The first-order valence-electron chi connectivity index (χ1n) is 12.0. The van der Waals surface area contributed by atoms with Crippen molar-refractivity contribution < 1.29 is 28.2 Å². The smallest absolute Gasteiger partial charge is 0.408 e. The summed E-state index contributed by atoms with van der Waals surface area (Å²) in [4.78, 5) is 32.2. The second-order valence-electron chi connectivity index (χ2n) is 10.8. The van der Waals surface area contributed by atoms with Crippen LogP contribution in [0.25, 0.3) is 0 Å². The van der Waals surface area contributed by atoms with E-state index in [1.807, 2.05) is 18.4 Å². The summed E-state index contributed by atoms with van der Waals surface area (Å²) in [7, 11) is 0. The Labute approximate surface area is 208 Å². The van der Waals surface area contributed by atoms with Gasteiger partial charge < -0.3 is 20.1 Å². The molecule has 0 unspecified atom stereocenters. The third-order valence-corrected chi connectivity index (χ3v) is 6.91. The maximum atomic E-state index is 14.8. The molecule has 2 aromatic rings. The molecule has 36 heavy (non-hydrogen) atoms. The Balaban J connectivity index is 1.66. The number of rotatable bonds is 5. The number of carbonyl (C=O) groups excluding carboxylic acids is 1. The van der Waals surface area contributed by atoms with Gasteiger partial charge in [-0.2, -0.15) is 0 Å². The largest absolute Gasteiger partial charge is 0.465 e. The van der Waals surface area contributed by atoms with Gasteiger partial charge in [-0.15, -0.1) is 0 Å². The summed E-state index contributed by atoms with van der Waals surface area (Å²) in [6.45, 7) is 10.3. The lowest BCUT2D eigenvalue weighted by Crippen LogP contribution is -2.58. The van der Waals surface area contributed by atoms with Gasteiger partial charge in [0.25, 0.3) is 5.91 Å². The number of nitrogens with two attached hydrogens (primary N) is 1. The van der Waals surface area contributed by atoms with E-state index < -0.39 is 41.3 Å². The fraction of sp³-hybridized carbons (Fsp3) is 0.560. The van der Waals surface area contributed by atoms with E-state index in [-0.39, 0.29) is 30.1 Å². The van der Waals surface area contributed by atoms with Crippen molar-refractivity contribution in [3.8, 4) is 0 Å². The first-order valence-corrected chi connectivity index (χ1v) is 12.0. The van der Waals surface area contributed by atoms with E-state index >= 15 is 0 Å². The minimum absolute atomic E-state index is 0.00215. The predicted molar refractivity (Wildman–Crippen MR) is 127 cm³/mol. The summed E-state index contributed by atoms with van der Waals surface area (Å²) in [5.41, 5.74) is 6.35. The number of halogens is 2. The highest BCUT2D eigenvalue weighted by molar-refractivity contribution is 5.89. The van der Waals surface area contributed by atoms with E-state index in [0.29, 0.717) is 19.5 Å². The lowest BCUT2D eigenvalue weighted by atomic mass is 9.88. The zero-order chi connectivity index (χ0) is 26.5. The first-order chi connectivity index (χ1) is 16.8.